The summed E-state index contributed by atoms with van der Waals surface area (Å²) < 4.78 is 10.9. The van der Waals surface area contributed by atoms with Crippen molar-refractivity contribution in [1.82, 2.24) is 10.3 Å². The van der Waals surface area contributed by atoms with Gasteiger partial charge in [-0.3, -0.25) is 4.98 Å². The minimum atomic E-state index is -0.339. The molecular weight excluding hydrogens is 292 g/mol. The van der Waals surface area contributed by atoms with E-state index in [9.17, 15) is 4.79 Å². The highest BCUT2D eigenvalue weighted by molar-refractivity contribution is 5.83. The predicted octanol–water partition coefficient (Wildman–Crippen LogP) is 2.65. The fraction of sp³-hybridized carbons (Fsp3) is 0.222. The molecule has 5 heteroatoms. The maximum atomic E-state index is 11.3. The molecule has 0 radical (unpaired) electrons. The fourth-order valence-electron chi connectivity index (χ4n) is 3.06. The number of likely N-dealkylation sites (N-methyl/N-ethyl adjacent to an activating group) is 1. The predicted molar refractivity (Wildman–Crippen MR) is 87.2 cm³/mol. The van der Waals surface area contributed by atoms with E-state index in [-0.39, 0.29) is 11.7 Å². The summed E-state index contributed by atoms with van der Waals surface area (Å²) in [7, 11) is 1.92. The molecule has 5 nitrogen and oxygen atoms in total. The lowest BCUT2D eigenvalue weighted by atomic mass is 9.93. The van der Waals surface area contributed by atoms with Crippen molar-refractivity contribution in [3.8, 4) is 11.1 Å². The standard InChI is InChI=1S/C18H16N2O3/c1-19-16-10-22-9-15-13(7-20-8-14(15)16)11-2-4-17-12(6-11)3-5-18(21)23-17/h2-8,16,19H,9-10H2,1H3. The topological polar surface area (TPSA) is 64.4 Å². The summed E-state index contributed by atoms with van der Waals surface area (Å²) in [5, 5.41) is 4.15. The quantitative estimate of drug-likeness (QED) is 0.737. The van der Waals surface area contributed by atoms with Crippen molar-refractivity contribution < 1.29 is 9.15 Å². The molecule has 0 spiro atoms. The van der Waals surface area contributed by atoms with Crippen LogP contribution in [0.4, 0.5) is 0 Å². The van der Waals surface area contributed by atoms with Crippen LogP contribution in [0.1, 0.15) is 17.2 Å². The number of pyridine rings is 1. The van der Waals surface area contributed by atoms with Crippen LogP contribution in [0.2, 0.25) is 0 Å². The zero-order valence-electron chi connectivity index (χ0n) is 12.7. The lowest BCUT2D eigenvalue weighted by Gasteiger charge is -2.26. The van der Waals surface area contributed by atoms with E-state index in [1.165, 1.54) is 11.6 Å². The summed E-state index contributed by atoms with van der Waals surface area (Å²) in [4.78, 5) is 15.7. The number of ether oxygens (including phenoxy) is 1. The second-order valence-electron chi connectivity index (χ2n) is 5.62. The first kappa shape index (κ1) is 14.1. The van der Waals surface area contributed by atoms with E-state index in [2.05, 4.69) is 10.3 Å². The van der Waals surface area contributed by atoms with Gasteiger partial charge in [-0.25, -0.2) is 4.79 Å². The Hall–Kier alpha value is -2.50. The number of hydrogen-bond donors (Lipinski definition) is 1. The third-order valence-electron chi connectivity index (χ3n) is 4.28. The van der Waals surface area contributed by atoms with Crippen LogP contribution in [-0.2, 0) is 11.3 Å². The number of rotatable bonds is 2. The average Bonchev–Trinajstić information content (AvgIpc) is 2.60. The molecule has 1 N–H and O–H groups in total. The summed E-state index contributed by atoms with van der Waals surface area (Å²) in [6.07, 6.45) is 3.77. The highest BCUT2D eigenvalue weighted by atomic mass is 16.5. The molecular formula is C18H16N2O3. The van der Waals surface area contributed by atoms with Gasteiger partial charge in [-0.15, -0.1) is 0 Å². The fourth-order valence-corrected chi connectivity index (χ4v) is 3.06. The number of hydrogen-bond acceptors (Lipinski definition) is 5. The van der Waals surface area contributed by atoms with Crippen molar-refractivity contribution in [2.75, 3.05) is 13.7 Å². The van der Waals surface area contributed by atoms with Gasteiger partial charge in [-0.05, 0) is 41.9 Å². The number of fused-ring (bicyclic) bond motifs is 2. The van der Waals surface area contributed by atoms with Crippen LogP contribution >= 0.6 is 0 Å². The van der Waals surface area contributed by atoms with Crippen LogP contribution in [0.15, 0.2) is 51.9 Å². The molecule has 0 bridgehead atoms. The van der Waals surface area contributed by atoms with Gasteiger partial charge in [0.05, 0.1) is 19.3 Å². The molecule has 2 aromatic heterocycles. The van der Waals surface area contributed by atoms with E-state index in [1.807, 2.05) is 37.6 Å². The van der Waals surface area contributed by atoms with E-state index in [4.69, 9.17) is 9.15 Å². The number of nitrogens with one attached hydrogen (secondary N) is 1. The minimum Gasteiger partial charge on any atom is -0.423 e. The zero-order valence-corrected chi connectivity index (χ0v) is 12.7. The maximum Gasteiger partial charge on any atom is 0.336 e. The Balaban J connectivity index is 1.88. The van der Waals surface area contributed by atoms with E-state index >= 15 is 0 Å². The molecule has 1 aliphatic rings. The SMILES string of the molecule is CNC1COCc2c(-c3ccc4oc(=O)ccc4c3)cncc21. The molecule has 1 aromatic carbocycles. The van der Waals surface area contributed by atoms with Gasteiger partial charge in [-0.1, -0.05) is 6.07 Å². The molecule has 0 fully saturated rings. The number of nitrogens with zero attached hydrogens (tertiary/aromatic N) is 1. The van der Waals surface area contributed by atoms with Crippen molar-refractivity contribution in [3.05, 3.63) is 64.3 Å². The van der Waals surface area contributed by atoms with Crippen molar-refractivity contribution in [3.63, 3.8) is 0 Å². The van der Waals surface area contributed by atoms with Gasteiger partial charge >= 0.3 is 5.63 Å². The molecule has 1 aliphatic heterocycles. The summed E-state index contributed by atoms with van der Waals surface area (Å²) in [5.41, 5.74) is 4.67. The van der Waals surface area contributed by atoms with Crippen LogP contribution in [-0.4, -0.2) is 18.6 Å². The molecule has 23 heavy (non-hydrogen) atoms. The van der Waals surface area contributed by atoms with Gasteiger partial charge in [0.1, 0.15) is 5.58 Å². The van der Waals surface area contributed by atoms with Crippen LogP contribution in [0.3, 0.4) is 0 Å². The number of benzene rings is 1. The normalized spacial score (nSPS) is 17.2. The van der Waals surface area contributed by atoms with Crippen LogP contribution in [0, 0.1) is 0 Å². The summed E-state index contributed by atoms with van der Waals surface area (Å²) in [6, 6.07) is 9.16. The molecule has 0 amide bonds. The second-order valence-corrected chi connectivity index (χ2v) is 5.62. The van der Waals surface area contributed by atoms with Crippen LogP contribution < -0.4 is 10.9 Å². The molecule has 0 aliphatic carbocycles. The summed E-state index contributed by atoms with van der Waals surface area (Å²) in [6.45, 7) is 1.23. The molecule has 0 saturated heterocycles. The zero-order chi connectivity index (χ0) is 15.8. The molecule has 3 heterocycles. The minimum absolute atomic E-state index is 0.157. The highest BCUT2D eigenvalue weighted by Gasteiger charge is 2.22. The van der Waals surface area contributed by atoms with Crippen LogP contribution in [0.25, 0.3) is 22.1 Å². The van der Waals surface area contributed by atoms with Gasteiger partial charge in [0, 0.05) is 29.4 Å². The first-order valence-electron chi connectivity index (χ1n) is 7.52. The maximum absolute atomic E-state index is 11.3. The van der Waals surface area contributed by atoms with E-state index in [1.54, 1.807) is 6.07 Å². The van der Waals surface area contributed by atoms with Crippen LogP contribution in [0.5, 0.6) is 0 Å². The summed E-state index contributed by atoms with van der Waals surface area (Å²) >= 11 is 0. The Morgan fingerprint density at radius 2 is 2.13 bits per heavy atom. The monoisotopic (exact) mass is 308 g/mol. The Kier molecular flexibility index (Phi) is 3.44. The average molecular weight is 308 g/mol. The van der Waals surface area contributed by atoms with Gasteiger partial charge in [0.2, 0.25) is 0 Å². The second kappa shape index (κ2) is 5.61. The number of aromatic nitrogens is 1. The Morgan fingerprint density at radius 1 is 1.22 bits per heavy atom. The Bertz CT molecular complexity index is 933. The Labute approximate surface area is 132 Å². The molecule has 1 unspecified atom stereocenters. The van der Waals surface area contributed by atoms with E-state index in [0.29, 0.717) is 18.8 Å². The third kappa shape index (κ3) is 2.44. The lowest BCUT2D eigenvalue weighted by molar-refractivity contribution is 0.0846. The largest absolute Gasteiger partial charge is 0.423 e. The lowest BCUT2D eigenvalue weighted by Crippen LogP contribution is -2.27. The van der Waals surface area contributed by atoms with Crippen molar-refractivity contribution in [2.24, 2.45) is 0 Å². The van der Waals surface area contributed by atoms with Crippen molar-refractivity contribution >= 4 is 11.0 Å². The van der Waals surface area contributed by atoms with Gasteiger partial charge in [0.25, 0.3) is 0 Å². The van der Waals surface area contributed by atoms with E-state index < -0.39 is 0 Å². The first-order chi connectivity index (χ1) is 11.3. The smallest absolute Gasteiger partial charge is 0.336 e. The van der Waals surface area contributed by atoms with Crippen molar-refractivity contribution in [2.45, 2.75) is 12.6 Å². The summed E-state index contributed by atoms with van der Waals surface area (Å²) in [5.74, 6) is 0. The first-order valence-corrected chi connectivity index (χ1v) is 7.52. The Morgan fingerprint density at radius 3 is 3.00 bits per heavy atom. The highest BCUT2D eigenvalue weighted by Crippen LogP contribution is 2.33. The molecule has 1 atom stereocenters. The van der Waals surface area contributed by atoms with Crippen molar-refractivity contribution in [1.29, 1.82) is 0 Å². The molecule has 4 rings (SSSR count). The molecule has 3 aromatic rings. The third-order valence-corrected chi connectivity index (χ3v) is 4.28. The van der Waals surface area contributed by atoms with Gasteiger partial charge in [0.15, 0.2) is 0 Å². The molecule has 116 valence electrons. The van der Waals surface area contributed by atoms with E-state index in [0.717, 1.165) is 22.1 Å². The molecule has 0 saturated carbocycles. The van der Waals surface area contributed by atoms with Gasteiger partial charge in [-0.2, -0.15) is 0 Å². The van der Waals surface area contributed by atoms with Gasteiger partial charge < -0.3 is 14.5 Å².